The summed E-state index contributed by atoms with van der Waals surface area (Å²) in [5.41, 5.74) is 6.33. The van der Waals surface area contributed by atoms with E-state index in [-0.39, 0.29) is 24.1 Å². The Bertz CT molecular complexity index is 977. The summed E-state index contributed by atoms with van der Waals surface area (Å²) in [6.45, 7) is 0.558. The Labute approximate surface area is 162 Å². The maximum absolute atomic E-state index is 11.8. The van der Waals surface area contributed by atoms with Crippen LogP contribution in [0.2, 0.25) is 0 Å². The molecule has 0 bridgehead atoms. The lowest BCUT2D eigenvalue weighted by molar-refractivity contribution is -0.119. The second kappa shape index (κ2) is 8.59. The summed E-state index contributed by atoms with van der Waals surface area (Å²) in [7, 11) is 3.01. The van der Waals surface area contributed by atoms with Gasteiger partial charge in [0.05, 0.1) is 24.3 Å². The van der Waals surface area contributed by atoms with E-state index in [1.807, 2.05) is 0 Å². The molecule has 1 aromatic carbocycles. The van der Waals surface area contributed by atoms with Gasteiger partial charge in [-0.05, 0) is 18.6 Å². The normalized spacial score (nSPS) is 15.6. The zero-order valence-corrected chi connectivity index (χ0v) is 15.7. The van der Waals surface area contributed by atoms with Gasteiger partial charge in [-0.3, -0.25) is 9.59 Å². The number of pyridine rings is 1. The van der Waals surface area contributed by atoms with Crippen molar-refractivity contribution in [3.8, 4) is 23.5 Å². The van der Waals surface area contributed by atoms with Gasteiger partial charge in [0.15, 0.2) is 0 Å². The van der Waals surface area contributed by atoms with E-state index >= 15 is 0 Å². The van der Waals surface area contributed by atoms with Crippen molar-refractivity contribution in [3.63, 3.8) is 0 Å². The monoisotopic (exact) mass is 383 g/mol. The molecule has 1 aliphatic heterocycles. The van der Waals surface area contributed by atoms with E-state index in [0.717, 1.165) is 0 Å². The molecular formula is C20H21N3O5. The Morgan fingerprint density at radius 2 is 2.18 bits per heavy atom. The molecule has 8 heteroatoms. The van der Waals surface area contributed by atoms with Crippen molar-refractivity contribution >= 4 is 22.6 Å². The first-order valence-corrected chi connectivity index (χ1v) is 8.74. The van der Waals surface area contributed by atoms with Crippen LogP contribution in [0.3, 0.4) is 0 Å². The maximum atomic E-state index is 11.8. The van der Waals surface area contributed by atoms with Crippen molar-refractivity contribution < 1.29 is 23.8 Å². The van der Waals surface area contributed by atoms with Crippen molar-refractivity contribution in [2.75, 3.05) is 27.4 Å². The lowest BCUT2D eigenvalue weighted by Gasteiger charge is -2.15. The molecule has 2 heterocycles. The number of methoxy groups -OCH3 is 2. The standard InChI is InChI=1S/C20H21N3O5/c1-26-7-3-4-12-10-22-20(28-11-13-5-6-18(24)23-13)15-9-17(27-2)16(19(21)25)8-14(12)15/h8-10,13H,5-7,11H2,1-2H3,(H2,21,25)(H,23,24)/t13-/m0/s1. The number of hydrogen-bond donors (Lipinski definition) is 2. The third-order valence-electron chi connectivity index (χ3n) is 4.38. The van der Waals surface area contributed by atoms with E-state index in [1.54, 1.807) is 25.4 Å². The number of ether oxygens (including phenoxy) is 3. The zero-order chi connectivity index (χ0) is 20.1. The zero-order valence-electron chi connectivity index (χ0n) is 15.7. The van der Waals surface area contributed by atoms with E-state index in [9.17, 15) is 9.59 Å². The molecule has 3 N–H and O–H groups in total. The molecule has 1 fully saturated rings. The Balaban J connectivity index is 2.04. The summed E-state index contributed by atoms with van der Waals surface area (Å²) < 4.78 is 16.1. The summed E-state index contributed by atoms with van der Waals surface area (Å²) in [4.78, 5) is 27.5. The molecule has 1 aromatic heterocycles. The number of aromatic nitrogens is 1. The second-order valence-electron chi connectivity index (χ2n) is 6.29. The highest BCUT2D eigenvalue weighted by atomic mass is 16.5. The summed E-state index contributed by atoms with van der Waals surface area (Å²) in [5, 5.41) is 4.15. The first-order valence-electron chi connectivity index (χ1n) is 8.74. The van der Waals surface area contributed by atoms with E-state index < -0.39 is 5.91 Å². The largest absolute Gasteiger partial charge is 0.496 e. The Morgan fingerprint density at radius 1 is 1.36 bits per heavy atom. The van der Waals surface area contributed by atoms with Crippen LogP contribution in [0.4, 0.5) is 0 Å². The van der Waals surface area contributed by atoms with Gasteiger partial charge in [0, 0.05) is 30.5 Å². The van der Waals surface area contributed by atoms with Gasteiger partial charge in [-0.1, -0.05) is 11.8 Å². The molecule has 1 aliphatic rings. The molecule has 2 aromatic rings. The van der Waals surface area contributed by atoms with Gasteiger partial charge in [-0.15, -0.1) is 0 Å². The highest BCUT2D eigenvalue weighted by Gasteiger charge is 2.22. The number of benzene rings is 1. The van der Waals surface area contributed by atoms with Crippen LogP contribution in [-0.2, 0) is 9.53 Å². The van der Waals surface area contributed by atoms with E-state index in [2.05, 4.69) is 22.1 Å². The number of hydrogen-bond acceptors (Lipinski definition) is 6. The predicted molar refractivity (Wildman–Crippen MR) is 102 cm³/mol. The second-order valence-corrected chi connectivity index (χ2v) is 6.29. The van der Waals surface area contributed by atoms with Gasteiger partial charge < -0.3 is 25.3 Å². The average molecular weight is 383 g/mol. The van der Waals surface area contributed by atoms with Crippen LogP contribution in [0.5, 0.6) is 11.6 Å². The number of carbonyl (C=O) groups excluding carboxylic acids is 2. The van der Waals surface area contributed by atoms with Gasteiger partial charge in [-0.2, -0.15) is 0 Å². The third-order valence-corrected chi connectivity index (χ3v) is 4.38. The molecule has 3 rings (SSSR count). The van der Waals surface area contributed by atoms with Gasteiger partial charge in [0.2, 0.25) is 11.8 Å². The molecule has 0 aliphatic carbocycles. The highest BCUT2D eigenvalue weighted by molar-refractivity contribution is 6.03. The van der Waals surface area contributed by atoms with Crippen LogP contribution in [0.15, 0.2) is 18.3 Å². The molecular weight excluding hydrogens is 362 g/mol. The van der Waals surface area contributed by atoms with Crippen LogP contribution < -0.4 is 20.5 Å². The van der Waals surface area contributed by atoms with Gasteiger partial charge in [0.25, 0.3) is 5.91 Å². The quantitative estimate of drug-likeness (QED) is 0.720. The first kappa shape index (κ1) is 19.5. The van der Waals surface area contributed by atoms with Gasteiger partial charge in [-0.25, -0.2) is 4.98 Å². The molecule has 0 spiro atoms. The lowest BCUT2D eigenvalue weighted by atomic mass is 10.0. The van der Waals surface area contributed by atoms with Crippen molar-refractivity contribution in [2.45, 2.75) is 18.9 Å². The fourth-order valence-electron chi connectivity index (χ4n) is 3.00. The summed E-state index contributed by atoms with van der Waals surface area (Å²) >= 11 is 0. The van der Waals surface area contributed by atoms with Crippen molar-refractivity contribution in [2.24, 2.45) is 5.73 Å². The number of nitrogens with zero attached hydrogens (tertiary/aromatic N) is 1. The summed E-state index contributed by atoms with van der Waals surface area (Å²) in [5.74, 6) is 5.95. The fourth-order valence-corrected chi connectivity index (χ4v) is 3.00. The third kappa shape index (κ3) is 4.15. The highest BCUT2D eigenvalue weighted by Crippen LogP contribution is 2.32. The number of nitrogens with one attached hydrogen (secondary N) is 1. The lowest BCUT2D eigenvalue weighted by Crippen LogP contribution is -2.31. The van der Waals surface area contributed by atoms with E-state index in [1.165, 1.54) is 7.11 Å². The number of fused-ring (bicyclic) bond motifs is 1. The molecule has 28 heavy (non-hydrogen) atoms. The first-order chi connectivity index (χ1) is 13.5. The van der Waals surface area contributed by atoms with Crippen molar-refractivity contribution in [1.29, 1.82) is 0 Å². The number of rotatable bonds is 6. The topological polar surface area (TPSA) is 113 Å². The minimum atomic E-state index is -0.609. The van der Waals surface area contributed by atoms with Crippen molar-refractivity contribution in [3.05, 3.63) is 29.5 Å². The van der Waals surface area contributed by atoms with Crippen LogP contribution in [0.1, 0.15) is 28.8 Å². The SMILES string of the molecule is COCC#Cc1cnc(OC[C@@H]2CCC(=O)N2)c2cc(OC)c(C(N)=O)cc12. The minimum Gasteiger partial charge on any atom is -0.496 e. The molecule has 1 saturated heterocycles. The molecule has 1 atom stereocenters. The predicted octanol–water partition coefficient (Wildman–Crippen LogP) is 0.998. The van der Waals surface area contributed by atoms with E-state index in [0.29, 0.717) is 47.4 Å². The molecule has 146 valence electrons. The van der Waals surface area contributed by atoms with E-state index in [4.69, 9.17) is 19.9 Å². The Hall–Kier alpha value is -3.31. The van der Waals surface area contributed by atoms with Crippen LogP contribution in [-0.4, -0.2) is 50.3 Å². The molecule has 2 amide bonds. The number of carbonyl (C=O) groups is 2. The molecule has 0 saturated carbocycles. The fraction of sp³-hybridized carbons (Fsp3) is 0.350. The Morgan fingerprint density at radius 3 is 2.82 bits per heavy atom. The number of primary amides is 1. The van der Waals surface area contributed by atoms with Gasteiger partial charge >= 0.3 is 0 Å². The summed E-state index contributed by atoms with van der Waals surface area (Å²) in [6.07, 6.45) is 2.78. The molecule has 8 nitrogen and oxygen atoms in total. The number of amides is 2. The Kier molecular flexibility index (Phi) is 5.96. The number of nitrogens with two attached hydrogens (primary N) is 1. The smallest absolute Gasteiger partial charge is 0.252 e. The average Bonchev–Trinajstić information content (AvgIpc) is 3.11. The molecule has 0 unspecified atom stereocenters. The summed E-state index contributed by atoms with van der Waals surface area (Å²) in [6, 6.07) is 3.23. The van der Waals surface area contributed by atoms with Gasteiger partial charge in [0.1, 0.15) is 19.0 Å². The van der Waals surface area contributed by atoms with Crippen LogP contribution in [0.25, 0.3) is 10.8 Å². The molecule has 0 radical (unpaired) electrons. The van der Waals surface area contributed by atoms with Crippen molar-refractivity contribution in [1.82, 2.24) is 10.3 Å². The van der Waals surface area contributed by atoms with Crippen LogP contribution in [0, 0.1) is 11.8 Å². The van der Waals surface area contributed by atoms with Crippen LogP contribution >= 0.6 is 0 Å². The maximum Gasteiger partial charge on any atom is 0.252 e. The minimum absolute atomic E-state index is 0.0166.